The molecule has 0 radical (unpaired) electrons. The van der Waals surface area contributed by atoms with E-state index in [4.69, 9.17) is 21.4 Å². The lowest BCUT2D eigenvalue weighted by Gasteiger charge is -2.05. The van der Waals surface area contributed by atoms with Crippen molar-refractivity contribution in [2.45, 2.75) is 6.61 Å². The molecule has 0 amide bonds. The minimum Gasteiger partial charge on any atom is -0.475 e. The van der Waals surface area contributed by atoms with Crippen LogP contribution in [-0.4, -0.2) is 5.05 Å². The summed E-state index contributed by atoms with van der Waals surface area (Å²) in [6.07, 6.45) is 1.62. The lowest BCUT2D eigenvalue weighted by atomic mass is 10.2. The van der Waals surface area contributed by atoms with Crippen LogP contribution in [0.5, 0.6) is 0 Å². The van der Waals surface area contributed by atoms with Crippen LogP contribution in [0, 0.1) is 0 Å². The fraction of sp³-hybridized carbons (Fsp3) is 0.0833. The highest BCUT2D eigenvalue weighted by molar-refractivity contribution is 7.80. The third-order valence-corrected chi connectivity index (χ3v) is 2.29. The van der Waals surface area contributed by atoms with Crippen molar-refractivity contribution >= 4 is 17.3 Å². The first kappa shape index (κ1) is 9.93. The van der Waals surface area contributed by atoms with Gasteiger partial charge in [-0.2, -0.15) is 0 Å². The molecule has 0 aliphatic heterocycles. The van der Waals surface area contributed by atoms with Gasteiger partial charge in [-0.1, -0.05) is 30.3 Å². The van der Waals surface area contributed by atoms with E-state index in [1.54, 1.807) is 6.26 Å². The molecule has 2 rings (SSSR count). The molecule has 0 fully saturated rings. The maximum atomic E-state index is 5.41. The largest absolute Gasteiger partial charge is 0.475 e. The highest BCUT2D eigenvalue weighted by Gasteiger charge is 2.02. The zero-order chi connectivity index (χ0) is 10.5. The Balaban J connectivity index is 1.94. The van der Waals surface area contributed by atoms with Crippen LogP contribution in [0.2, 0.25) is 0 Å². The summed E-state index contributed by atoms with van der Waals surface area (Å²) in [5.41, 5.74) is 0.916. The van der Waals surface area contributed by atoms with Gasteiger partial charge in [0.2, 0.25) is 0 Å². The maximum Gasteiger partial charge on any atom is 0.191 e. The smallest absolute Gasteiger partial charge is 0.191 e. The lowest BCUT2D eigenvalue weighted by Crippen LogP contribution is -2.02. The molecule has 1 heterocycles. The summed E-state index contributed by atoms with van der Waals surface area (Å²) < 4.78 is 10.5. The fourth-order valence-corrected chi connectivity index (χ4v) is 1.38. The van der Waals surface area contributed by atoms with E-state index >= 15 is 0 Å². The van der Waals surface area contributed by atoms with E-state index in [2.05, 4.69) is 0 Å². The van der Waals surface area contributed by atoms with Gasteiger partial charge in [-0.05, 0) is 24.4 Å². The standard InChI is InChI=1S/C12H10O2S/c15-12(10-5-2-1-3-6-10)14-9-11-7-4-8-13-11/h1-8H,9H2. The van der Waals surface area contributed by atoms with Crippen LogP contribution in [0.3, 0.4) is 0 Å². The third-order valence-electron chi connectivity index (χ3n) is 1.94. The molecule has 0 aliphatic carbocycles. The first-order chi connectivity index (χ1) is 7.36. The average Bonchev–Trinajstić information content (AvgIpc) is 2.80. The van der Waals surface area contributed by atoms with E-state index in [-0.39, 0.29) is 0 Å². The van der Waals surface area contributed by atoms with E-state index in [0.717, 1.165) is 11.3 Å². The minimum absolute atomic E-state index is 0.376. The van der Waals surface area contributed by atoms with E-state index < -0.39 is 0 Å². The Labute approximate surface area is 93.5 Å². The van der Waals surface area contributed by atoms with Crippen molar-refractivity contribution in [2.24, 2.45) is 0 Å². The van der Waals surface area contributed by atoms with E-state index in [1.807, 2.05) is 42.5 Å². The molecular weight excluding hydrogens is 208 g/mol. The summed E-state index contributed by atoms with van der Waals surface area (Å²) in [7, 11) is 0. The molecule has 1 aromatic heterocycles. The molecule has 3 heteroatoms. The Morgan fingerprint density at radius 2 is 1.93 bits per heavy atom. The van der Waals surface area contributed by atoms with Gasteiger partial charge in [0.25, 0.3) is 0 Å². The molecule has 0 spiro atoms. The van der Waals surface area contributed by atoms with Gasteiger partial charge in [0.05, 0.1) is 6.26 Å². The normalized spacial score (nSPS) is 9.87. The van der Waals surface area contributed by atoms with E-state index in [0.29, 0.717) is 11.7 Å². The van der Waals surface area contributed by atoms with E-state index in [9.17, 15) is 0 Å². The number of ether oxygens (including phenoxy) is 1. The molecule has 2 aromatic rings. The molecule has 2 nitrogen and oxygen atoms in total. The van der Waals surface area contributed by atoms with Gasteiger partial charge in [-0.3, -0.25) is 0 Å². The Morgan fingerprint density at radius 3 is 2.60 bits per heavy atom. The summed E-state index contributed by atoms with van der Waals surface area (Å²) in [6, 6.07) is 13.3. The van der Waals surface area contributed by atoms with Crippen LogP contribution >= 0.6 is 12.2 Å². The number of hydrogen-bond donors (Lipinski definition) is 0. The molecule has 0 saturated heterocycles. The summed E-state index contributed by atoms with van der Waals surface area (Å²) in [5, 5.41) is 0.493. The van der Waals surface area contributed by atoms with Crippen molar-refractivity contribution in [3.05, 3.63) is 60.1 Å². The van der Waals surface area contributed by atoms with Crippen LogP contribution in [0.4, 0.5) is 0 Å². The molecule has 0 bridgehead atoms. The summed E-state index contributed by atoms with van der Waals surface area (Å²) in [6.45, 7) is 0.376. The van der Waals surface area contributed by atoms with Gasteiger partial charge in [0.1, 0.15) is 12.4 Å². The second kappa shape index (κ2) is 4.75. The van der Waals surface area contributed by atoms with Gasteiger partial charge in [0.15, 0.2) is 5.05 Å². The summed E-state index contributed by atoms with van der Waals surface area (Å²) >= 11 is 5.13. The zero-order valence-corrected chi connectivity index (χ0v) is 8.87. The van der Waals surface area contributed by atoms with Crippen LogP contribution < -0.4 is 0 Å². The highest BCUT2D eigenvalue weighted by atomic mass is 32.1. The second-order valence-electron chi connectivity index (χ2n) is 3.02. The molecule has 0 saturated carbocycles. The lowest BCUT2D eigenvalue weighted by molar-refractivity contribution is 0.265. The van der Waals surface area contributed by atoms with Crippen LogP contribution in [0.25, 0.3) is 0 Å². The predicted molar refractivity (Wildman–Crippen MR) is 61.6 cm³/mol. The van der Waals surface area contributed by atoms with E-state index in [1.165, 1.54) is 0 Å². The van der Waals surface area contributed by atoms with Crippen molar-refractivity contribution in [1.82, 2.24) is 0 Å². The third kappa shape index (κ3) is 2.67. The van der Waals surface area contributed by atoms with Crippen molar-refractivity contribution in [2.75, 3.05) is 0 Å². The zero-order valence-electron chi connectivity index (χ0n) is 8.05. The number of thiocarbonyl (C=S) groups is 1. The Morgan fingerprint density at radius 1 is 1.13 bits per heavy atom. The monoisotopic (exact) mass is 218 g/mol. The van der Waals surface area contributed by atoms with Crippen LogP contribution in [0.1, 0.15) is 11.3 Å². The topological polar surface area (TPSA) is 22.4 Å². The Hall–Kier alpha value is -1.61. The molecule has 15 heavy (non-hydrogen) atoms. The Kier molecular flexibility index (Phi) is 3.15. The summed E-state index contributed by atoms with van der Waals surface area (Å²) in [5.74, 6) is 0.772. The van der Waals surface area contributed by atoms with Crippen molar-refractivity contribution < 1.29 is 9.15 Å². The van der Waals surface area contributed by atoms with Gasteiger partial charge in [-0.25, -0.2) is 0 Å². The summed E-state index contributed by atoms with van der Waals surface area (Å²) in [4.78, 5) is 0. The number of furan rings is 1. The molecule has 0 unspecified atom stereocenters. The van der Waals surface area contributed by atoms with Crippen molar-refractivity contribution in [3.8, 4) is 0 Å². The minimum atomic E-state index is 0.376. The second-order valence-corrected chi connectivity index (χ2v) is 3.39. The number of hydrogen-bond acceptors (Lipinski definition) is 3. The van der Waals surface area contributed by atoms with Gasteiger partial charge >= 0.3 is 0 Å². The molecule has 1 aromatic carbocycles. The van der Waals surface area contributed by atoms with Crippen molar-refractivity contribution in [3.63, 3.8) is 0 Å². The van der Waals surface area contributed by atoms with Crippen molar-refractivity contribution in [1.29, 1.82) is 0 Å². The quantitative estimate of drug-likeness (QED) is 0.739. The average molecular weight is 218 g/mol. The maximum absolute atomic E-state index is 5.41. The SMILES string of the molecule is S=C(OCc1ccco1)c1ccccc1. The first-order valence-electron chi connectivity index (χ1n) is 4.61. The highest BCUT2D eigenvalue weighted by Crippen LogP contribution is 2.07. The van der Waals surface area contributed by atoms with Gasteiger partial charge < -0.3 is 9.15 Å². The Bertz CT molecular complexity index is 420. The first-order valence-corrected chi connectivity index (χ1v) is 5.01. The van der Waals surface area contributed by atoms with Gasteiger partial charge in [0, 0.05) is 5.56 Å². The van der Waals surface area contributed by atoms with Crippen LogP contribution in [0.15, 0.2) is 53.1 Å². The fourth-order valence-electron chi connectivity index (χ4n) is 1.19. The molecule has 0 N–H and O–H groups in total. The molecule has 0 aliphatic rings. The van der Waals surface area contributed by atoms with Crippen LogP contribution in [-0.2, 0) is 11.3 Å². The molecule has 0 atom stereocenters. The predicted octanol–water partition coefficient (Wildman–Crippen LogP) is 3.17. The number of rotatable bonds is 3. The molecular formula is C12H10O2S. The van der Waals surface area contributed by atoms with Gasteiger partial charge in [-0.15, -0.1) is 0 Å². The molecule has 76 valence electrons. The number of benzene rings is 1.